The number of phenolic OH excluding ortho intramolecular Hbond substituents is 1. The van der Waals surface area contributed by atoms with Crippen molar-refractivity contribution >= 4 is 11.6 Å². The average Bonchev–Trinajstić information content (AvgIpc) is 2.33. The SMILES string of the molecule is COc1cc(Cl)cc(CNCC(C)(C)OC)c1O. The van der Waals surface area contributed by atoms with Crippen LogP contribution in [0, 0.1) is 0 Å². The molecule has 0 saturated carbocycles. The summed E-state index contributed by atoms with van der Waals surface area (Å²) < 4.78 is 10.3. The molecule has 5 heteroatoms. The Morgan fingerprint density at radius 2 is 2.00 bits per heavy atom. The second kappa shape index (κ2) is 6.27. The van der Waals surface area contributed by atoms with Crippen molar-refractivity contribution in [2.45, 2.75) is 26.0 Å². The van der Waals surface area contributed by atoms with Crippen LogP contribution < -0.4 is 10.1 Å². The van der Waals surface area contributed by atoms with Gasteiger partial charge in [-0.15, -0.1) is 0 Å². The number of aromatic hydroxyl groups is 1. The summed E-state index contributed by atoms with van der Waals surface area (Å²) in [4.78, 5) is 0. The minimum Gasteiger partial charge on any atom is -0.504 e. The zero-order valence-electron chi connectivity index (χ0n) is 11.2. The Morgan fingerprint density at radius 3 is 2.56 bits per heavy atom. The lowest BCUT2D eigenvalue weighted by atomic mass is 10.1. The van der Waals surface area contributed by atoms with Gasteiger partial charge in [0.1, 0.15) is 0 Å². The van der Waals surface area contributed by atoms with Crippen molar-refractivity contribution in [1.29, 1.82) is 0 Å². The van der Waals surface area contributed by atoms with E-state index in [4.69, 9.17) is 21.1 Å². The molecular formula is C13H20ClNO3. The number of rotatable bonds is 6. The second-order valence-corrected chi connectivity index (χ2v) is 5.12. The standard InChI is InChI=1S/C13H20ClNO3/c1-13(2,18-4)8-15-7-9-5-10(14)6-11(17-3)12(9)16/h5-6,15-16H,7-8H2,1-4H3. The van der Waals surface area contributed by atoms with Crippen molar-refractivity contribution in [3.8, 4) is 11.5 Å². The highest BCUT2D eigenvalue weighted by molar-refractivity contribution is 6.30. The lowest BCUT2D eigenvalue weighted by molar-refractivity contribution is 0.0230. The van der Waals surface area contributed by atoms with Crippen LogP contribution in [0.4, 0.5) is 0 Å². The molecule has 0 aliphatic heterocycles. The third kappa shape index (κ3) is 4.05. The lowest BCUT2D eigenvalue weighted by Crippen LogP contribution is -2.36. The van der Waals surface area contributed by atoms with Gasteiger partial charge in [0.2, 0.25) is 0 Å². The fourth-order valence-electron chi connectivity index (χ4n) is 1.49. The van der Waals surface area contributed by atoms with Gasteiger partial charge in [0, 0.05) is 36.9 Å². The minimum atomic E-state index is -0.252. The highest BCUT2D eigenvalue weighted by Gasteiger charge is 2.16. The molecule has 4 nitrogen and oxygen atoms in total. The van der Waals surface area contributed by atoms with E-state index in [-0.39, 0.29) is 11.4 Å². The van der Waals surface area contributed by atoms with Crippen LogP contribution in [0.15, 0.2) is 12.1 Å². The maximum Gasteiger partial charge on any atom is 0.162 e. The number of methoxy groups -OCH3 is 2. The molecule has 0 saturated heterocycles. The number of nitrogens with one attached hydrogen (secondary N) is 1. The van der Waals surface area contributed by atoms with Gasteiger partial charge in [-0.1, -0.05) is 11.6 Å². The molecule has 18 heavy (non-hydrogen) atoms. The first-order valence-electron chi connectivity index (χ1n) is 5.71. The summed E-state index contributed by atoms with van der Waals surface area (Å²) in [7, 11) is 3.16. The Balaban J connectivity index is 2.70. The van der Waals surface area contributed by atoms with Crippen LogP contribution in [0.1, 0.15) is 19.4 Å². The Labute approximate surface area is 113 Å². The number of hydrogen-bond acceptors (Lipinski definition) is 4. The largest absolute Gasteiger partial charge is 0.504 e. The van der Waals surface area contributed by atoms with Gasteiger partial charge in [-0.05, 0) is 19.9 Å². The molecule has 0 aliphatic carbocycles. The summed E-state index contributed by atoms with van der Waals surface area (Å²) >= 11 is 5.95. The van der Waals surface area contributed by atoms with Crippen LogP contribution in [-0.2, 0) is 11.3 Å². The van der Waals surface area contributed by atoms with Gasteiger partial charge in [-0.3, -0.25) is 0 Å². The quantitative estimate of drug-likeness (QED) is 0.836. The van der Waals surface area contributed by atoms with Crippen molar-refractivity contribution in [2.75, 3.05) is 20.8 Å². The number of ether oxygens (including phenoxy) is 2. The van der Waals surface area contributed by atoms with E-state index in [1.807, 2.05) is 13.8 Å². The molecule has 0 heterocycles. The van der Waals surface area contributed by atoms with E-state index < -0.39 is 0 Å². The fraction of sp³-hybridized carbons (Fsp3) is 0.538. The number of benzene rings is 1. The Morgan fingerprint density at radius 1 is 1.33 bits per heavy atom. The summed E-state index contributed by atoms with van der Waals surface area (Å²) in [5.74, 6) is 0.495. The van der Waals surface area contributed by atoms with Crippen LogP contribution in [-0.4, -0.2) is 31.5 Å². The van der Waals surface area contributed by atoms with Crippen molar-refractivity contribution in [1.82, 2.24) is 5.32 Å². The van der Waals surface area contributed by atoms with Gasteiger partial charge in [0.05, 0.1) is 12.7 Å². The maximum absolute atomic E-state index is 9.94. The molecule has 0 spiro atoms. The fourth-order valence-corrected chi connectivity index (χ4v) is 1.72. The summed E-state index contributed by atoms with van der Waals surface area (Å²) in [6.07, 6.45) is 0. The number of phenols is 1. The molecule has 0 aromatic heterocycles. The topological polar surface area (TPSA) is 50.7 Å². The van der Waals surface area contributed by atoms with Crippen LogP contribution in [0.3, 0.4) is 0 Å². The molecule has 1 aromatic carbocycles. The zero-order valence-corrected chi connectivity index (χ0v) is 12.0. The summed E-state index contributed by atoms with van der Waals surface area (Å²) in [5, 5.41) is 13.7. The summed E-state index contributed by atoms with van der Waals surface area (Å²) in [6.45, 7) is 5.13. The molecule has 0 unspecified atom stereocenters. The van der Waals surface area contributed by atoms with Crippen LogP contribution in [0.25, 0.3) is 0 Å². The Kier molecular flexibility index (Phi) is 5.26. The smallest absolute Gasteiger partial charge is 0.162 e. The molecule has 0 bridgehead atoms. The summed E-state index contributed by atoms with van der Waals surface area (Å²) in [5.41, 5.74) is 0.449. The van der Waals surface area contributed by atoms with E-state index in [1.165, 1.54) is 7.11 Å². The first kappa shape index (κ1) is 15.1. The normalized spacial score (nSPS) is 11.6. The first-order chi connectivity index (χ1) is 8.39. The van der Waals surface area contributed by atoms with E-state index in [9.17, 15) is 5.11 Å². The Bertz CT molecular complexity index is 407. The molecule has 0 fully saturated rings. The van der Waals surface area contributed by atoms with Gasteiger partial charge in [-0.25, -0.2) is 0 Å². The molecule has 2 N–H and O–H groups in total. The molecule has 1 aromatic rings. The lowest BCUT2D eigenvalue weighted by Gasteiger charge is -2.23. The average molecular weight is 274 g/mol. The van der Waals surface area contributed by atoms with E-state index in [0.717, 1.165) is 0 Å². The number of halogens is 1. The molecule has 0 aliphatic rings. The summed E-state index contributed by atoms with van der Waals surface area (Å²) in [6, 6.07) is 3.30. The third-order valence-electron chi connectivity index (χ3n) is 2.76. The molecule has 1 rings (SSSR count). The predicted octanol–water partition coefficient (Wildman–Crippen LogP) is 2.57. The van der Waals surface area contributed by atoms with Crippen LogP contribution in [0.5, 0.6) is 11.5 Å². The van der Waals surface area contributed by atoms with E-state index in [1.54, 1.807) is 19.2 Å². The van der Waals surface area contributed by atoms with Gasteiger partial charge < -0.3 is 19.9 Å². The highest BCUT2D eigenvalue weighted by atomic mass is 35.5. The van der Waals surface area contributed by atoms with Crippen LogP contribution in [0.2, 0.25) is 5.02 Å². The first-order valence-corrected chi connectivity index (χ1v) is 6.08. The predicted molar refractivity (Wildman–Crippen MR) is 72.5 cm³/mol. The molecule has 102 valence electrons. The highest BCUT2D eigenvalue weighted by Crippen LogP contribution is 2.33. The van der Waals surface area contributed by atoms with E-state index in [2.05, 4.69) is 5.32 Å². The van der Waals surface area contributed by atoms with Gasteiger partial charge >= 0.3 is 0 Å². The minimum absolute atomic E-state index is 0.115. The van der Waals surface area contributed by atoms with Gasteiger partial charge in [0.15, 0.2) is 11.5 Å². The molecular weight excluding hydrogens is 254 g/mol. The molecule has 0 radical (unpaired) electrons. The van der Waals surface area contributed by atoms with E-state index in [0.29, 0.717) is 29.4 Å². The Hall–Kier alpha value is -0.970. The number of hydrogen-bond donors (Lipinski definition) is 2. The maximum atomic E-state index is 9.94. The monoisotopic (exact) mass is 273 g/mol. The van der Waals surface area contributed by atoms with Crippen molar-refractivity contribution < 1.29 is 14.6 Å². The molecule has 0 atom stereocenters. The van der Waals surface area contributed by atoms with Crippen LogP contribution >= 0.6 is 11.6 Å². The van der Waals surface area contributed by atoms with Crippen molar-refractivity contribution in [3.63, 3.8) is 0 Å². The van der Waals surface area contributed by atoms with Gasteiger partial charge in [-0.2, -0.15) is 0 Å². The van der Waals surface area contributed by atoms with Crippen molar-refractivity contribution in [3.05, 3.63) is 22.7 Å². The van der Waals surface area contributed by atoms with Gasteiger partial charge in [0.25, 0.3) is 0 Å². The van der Waals surface area contributed by atoms with E-state index >= 15 is 0 Å². The second-order valence-electron chi connectivity index (χ2n) is 4.68. The third-order valence-corrected chi connectivity index (χ3v) is 2.98. The molecule has 0 amide bonds. The van der Waals surface area contributed by atoms with Crippen molar-refractivity contribution in [2.24, 2.45) is 0 Å². The zero-order chi connectivity index (χ0) is 13.8.